The van der Waals surface area contributed by atoms with Gasteiger partial charge in [0.15, 0.2) is 23.0 Å². The van der Waals surface area contributed by atoms with Crippen molar-refractivity contribution in [1.82, 2.24) is 0 Å². The maximum absolute atomic E-state index is 5.27. The molecule has 0 amide bonds. The minimum atomic E-state index is 0.307. The van der Waals surface area contributed by atoms with E-state index >= 15 is 0 Å². The predicted molar refractivity (Wildman–Crippen MR) is 87.7 cm³/mol. The van der Waals surface area contributed by atoms with Gasteiger partial charge in [0.1, 0.15) is 11.5 Å². The quantitative estimate of drug-likeness (QED) is 0.839. The molecule has 0 saturated heterocycles. The van der Waals surface area contributed by atoms with Crippen molar-refractivity contribution < 1.29 is 28.4 Å². The topological polar surface area (TPSA) is 55.4 Å². The monoisotopic (exact) mass is 332 g/mol. The van der Waals surface area contributed by atoms with Crippen LogP contribution >= 0.6 is 0 Å². The van der Waals surface area contributed by atoms with Crippen LogP contribution in [0.2, 0.25) is 0 Å². The van der Waals surface area contributed by atoms with Gasteiger partial charge in [-0.25, -0.2) is 0 Å². The Kier molecular flexibility index (Phi) is 4.55. The molecule has 4 rings (SSSR count). The Hall–Kier alpha value is -2.76. The highest BCUT2D eigenvalue weighted by atomic mass is 16.7. The number of rotatable bonds is 2. The summed E-state index contributed by atoms with van der Waals surface area (Å²) < 4.78 is 31.1. The highest BCUT2D eigenvalue weighted by molar-refractivity contribution is 5.54. The average molecular weight is 332 g/mol. The summed E-state index contributed by atoms with van der Waals surface area (Å²) in [4.78, 5) is 0. The molecule has 0 unspecified atom stereocenters. The Bertz CT molecular complexity index is 738. The molecule has 0 saturated carbocycles. The van der Waals surface area contributed by atoms with Crippen molar-refractivity contribution in [2.45, 2.75) is 13.8 Å². The molecule has 24 heavy (non-hydrogen) atoms. The summed E-state index contributed by atoms with van der Waals surface area (Å²) in [5.41, 5.74) is 2.05. The molecule has 0 bridgehead atoms. The van der Waals surface area contributed by atoms with E-state index in [0.717, 1.165) is 45.6 Å². The van der Waals surface area contributed by atoms with Gasteiger partial charge in [0, 0.05) is 11.6 Å². The van der Waals surface area contributed by atoms with Gasteiger partial charge in [-0.05, 0) is 37.6 Å². The number of fused-ring (bicyclic) bond motifs is 2. The van der Waals surface area contributed by atoms with Crippen molar-refractivity contribution in [2.75, 3.05) is 27.8 Å². The minimum Gasteiger partial charge on any atom is -0.496 e. The Morgan fingerprint density at radius 2 is 1.38 bits per heavy atom. The number of methoxy groups -OCH3 is 2. The first-order chi connectivity index (χ1) is 11.6. The van der Waals surface area contributed by atoms with Crippen molar-refractivity contribution in [3.05, 3.63) is 35.4 Å². The summed E-state index contributed by atoms with van der Waals surface area (Å²) >= 11 is 0. The smallest absolute Gasteiger partial charge is 0.231 e. The van der Waals surface area contributed by atoms with Crippen LogP contribution < -0.4 is 28.4 Å². The predicted octanol–water partition coefficient (Wildman–Crippen LogP) is 3.46. The summed E-state index contributed by atoms with van der Waals surface area (Å²) in [5, 5.41) is 0. The van der Waals surface area contributed by atoms with Crippen molar-refractivity contribution in [1.29, 1.82) is 0 Å². The van der Waals surface area contributed by atoms with E-state index in [1.165, 1.54) is 0 Å². The van der Waals surface area contributed by atoms with Crippen LogP contribution in [0.3, 0.4) is 0 Å². The van der Waals surface area contributed by atoms with Gasteiger partial charge in [-0.15, -0.1) is 0 Å². The molecular formula is C18H20O6. The molecule has 2 aliphatic heterocycles. The van der Waals surface area contributed by atoms with Crippen LogP contribution in [-0.4, -0.2) is 27.8 Å². The Morgan fingerprint density at radius 1 is 0.750 bits per heavy atom. The second-order valence-corrected chi connectivity index (χ2v) is 5.30. The number of aryl methyl sites for hydroxylation is 1. The number of hydrogen-bond donors (Lipinski definition) is 0. The van der Waals surface area contributed by atoms with Gasteiger partial charge in [0.25, 0.3) is 0 Å². The molecule has 0 fully saturated rings. The van der Waals surface area contributed by atoms with Gasteiger partial charge in [0.05, 0.1) is 14.2 Å². The first-order valence-corrected chi connectivity index (χ1v) is 7.51. The molecule has 2 aromatic carbocycles. The molecule has 6 heteroatoms. The van der Waals surface area contributed by atoms with Crippen LogP contribution in [0.5, 0.6) is 34.5 Å². The van der Waals surface area contributed by atoms with Crippen molar-refractivity contribution >= 4 is 0 Å². The number of ether oxygens (including phenoxy) is 6. The van der Waals surface area contributed by atoms with Gasteiger partial charge >= 0.3 is 0 Å². The fraction of sp³-hybridized carbons (Fsp3) is 0.333. The van der Waals surface area contributed by atoms with Crippen LogP contribution in [0, 0.1) is 13.8 Å². The third kappa shape index (κ3) is 2.99. The van der Waals surface area contributed by atoms with Crippen LogP contribution in [-0.2, 0) is 0 Å². The lowest BCUT2D eigenvalue weighted by molar-refractivity contribution is 0.173. The molecule has 0 aromatic heterocycles. The summed E-state index contributed by atoms with van der Waals surface area (Å²) in [6.07, 6.45) is 0. The summed E-state index contributed by atoms with van der Waals surface area (Å²) in [5.74, 6) is 4.83. The first kappa shape index (κ1) is 16.1. The van der Waals surface area contributed by atoms with E-state index in [-0.39, 0.29) is 0 Å². The maximum atomic E-state index is 5.27. The molecule has 0 atom stereocenters. The van der Waals surface area contributed by atoms with Crippen molar-refractivity contribution in [3.63, 3.8) is 0 Å². The lowest BCUT2D eigenvalue weighted by atomic mass is 10.2. The van der Waals surface area contributed by atoms with E-state index in [1.807, 2.05) is 38.1 Å². The van der Waals surface area contributed by atoms with Crippen LogP contribution in [0.4, 0.5) is 0 Å². The van der Waals surface area contributed by atoms with E-state index in [0.29, 0.717) is 13.6 Å². The van der Waals surface area contributed by atoms with Crippen LogP contribution in [0.15, 0.2) is 24.3 Å². The Morgan fingerprint density at radius 3 is 2.08 bits per heavy atom. The molecule has 2 aliphatic rings. The SMILES string of the molecule is COc1cc2c(cc1C)OCO2.COc1ccc2c(c1C)OCO2. The van der Waals surface area contributed by atoms with Crippen LogP contribution in [0.1, 0.15) is 11.1 Å². The fourth-order valence-corrected chi connectivity index (χ4v) is 2.56. The summed E-state index contributed by atoms with van der Waals surface area (Å²) in [6, 6.07) is 7.50. The molecule has 128 valence electrons. The Labute approximate surface area is 140 Å². The number of benzene rings is 2. The lowest BCUT2D eigenvalue weighted by Gasteiger charge is -2.05. The molecule has 0 N–H and O–H groups in total. The first-order valence-electron chi connectivity index (χ1n) is 7.51. The molecule has 0 radical (unpaired) electrons. The molecular weight excluding hydrogens is 312 g/mol. The fourth-order valence-electron chi connectivity index (χ4n) is 2.56. The third-order valence-electron chi connectivity index (χ3n) is 3.85. The molecule has 2 aromatic rings. The largest absolute Gasteiger partial charge is 0.496 e. The standard InChI is InChI=1S/2C9H10O3/c1-6-3-8-9(12-5-11-8)4-7(6)10-2;1-6-7(10-2)3-4-8-9(6)12-5-11-8/h2*3-4H,5H2,1-2H3. The maximum Gasteiger partial charge on any atom is 0.231 e. The van der Waals surface area contributed by atoms with E-state index < -0.39 is 0 Å². The second-order valence-electron chi connectivity index (χ2n) is 5.30. The van der Waals surface area contributed by atoms with Crippen LogP contribution in [0.25, 0.3) is 0 Å². The van der Waals surface area contributed by atoms with Gasteiger partial charge in [-0.3, -0.25) is 0 Å². The lowest BCUT2D eigenvalue weighted by Crippen LogP contribution is -1.93. The van der Waals surface area contributed by atoms with Gasteiger partial charge < -0.3 is 28.4 Å². The molecule has 2 heterocycles. The zero-order valence-electron chi connectivity index (χ0n) is 14.2. The van der Waals surface area contributed by atoms with E-state index in [1.54, 1.807) is 14.2 Å². The van der Waals surface area contributed by atoms with E-state index in [9.17, 15) is 0 Å². The second kappa shape index (κ2) is 6.78. The molecule has 6 nitrogen and oxygen atoms in total. The van der Waals surface area contributed by atoms with E-state index in [4.69, 9.17) is 28.4 Å². The van der Waals surface area contributed by atoms with Gasteiger partial charge in [-0.2, -0.15) is 0 Å². The minimum absolute atomic E-state index is 0.307. The number of hydrogen-bond acceptors (Lipinski definition) is 6. The third-order valence-corrected chi connectivity index (χ3v) is 3.85. The highest BCUT2D eigenvalue weighted by Gasteiger charge is 2.18. The zero-order valence-corrected chi connectivity index (χ0v) is 14.2. The average Bonchev–Trinajstić information content (AvgIpc) is 3.23. The van der Waals surface area contributed by atoms with Gasteiger partial charge in [0.2, 0.25) is 13.6 Å². The molecule has 0 spiro atoms. The normalized spacial score (nSPS) is 13.2. The Balaban J connectivity index is 0.000000141. The molecule has 0 aliphatic carbocycles. The highest BCUT2D eigenvalue weighted by Crippen LogP contribution is 2.39. The van der Waals surface area contributed by atoms with Gasteiger partial charge in [-0.1, -0.05) is 0 Å². The zero-order chi connectivity index (χ0) is 17.1. The summed E-state index contributed by atoms with van der Waals surface area (Å²) in [7, 11) is 3.29. The van der Waals surface area contributed by atoms with Crippen molar-refractivity contribution in [3.8, 4) is 34.5 Å². The van der Waals surface area contributed by atoms with E-state index in [2.05, 4.69) is 0 Å². The summed E-state index contributed by atoms with van der Waals surface area (Å²) in [6.45, 7) is 4.54. The van der Waals surface area contributed by atoms with Crippen molar-refractivity contribution in [2.24, 2.45) is 0 Å².